The van der Waals surface area contributed by atoms with Crippen molar-refractivity contribution in [2.24, 2.45) is 0 Å². The van der Waals surface area contributed by atoms with E-state index in [0.717, 1.165) is 67.2 Å². The number of benzene rings is 3. The van der Waals surface area contributed by atoms with E-state index in [9.17, 15) is 13.2 Å². The van der Waals surface area contributed by atoms with Gasteiger partial charge in [-0.15, -0.1) is 0 Å². The summed E-state index contributed by atoms with van der Waals surface area (Å²) >= 11 is 0. The van der Waals surface area contributed by atoms with Crippen LogP contribution in [0.25, 0.3) is 22.2 Å². The molecule has 0 saturated carbocycles. The van der Waals surface area contributed by atoms with Crippen molar-refractivity contribution in [1.29, 1.82) is 0 Å². The van der Waals surface area contributed by atoms with E-state index >= 15 is 0 Å². The molecule has 0 aliphatic heterocycles. The average molecular weight is 590 g/mol. The molecule has 3 N–H and O–H groups in total. The Kier molecular flexibility index (Phi) is 10.5. The zero-order valence-corrected chi connectivity index (χ0v) is 26.2. The summed E-state index contributed by atoms with van der Waals surface area (Å²) in [5, 5.41) is 4.77. The fraction of sp³-hybridized carbons (Fsp3) is 0.382. The SMILES string of the molecule is CCOC(=O)C(C)c1ccc2[nH]c(-c3cc(C)cc(C)c3)c(CCNCCCCc3ccc(NS(C)(=O)=O)cc3)c2c1. The number of hydrogen-bond donors (Lipinski definition) is 3. The van der Waals surface area contributed by atoms with Crippen molar-refractivity contribution in [3.63, 3.8) is 0 Å². The number of unbranched alkanes of at least 4 members (excludes halogenated alkanes) is 1. The Labute approximate surface area is 250 Å². The molecular formula is C34H43N3O4S. The highest BCUT2D eigenvalue weighted by Gasteiger charge is 2.20. The number of hydrogen-bond acceptors (Lipinski definition) is 5. The second-order valence-corrected chi connectivity index (χ2v) is 12.9. The zero-order valence-electron chi connectivity index (χ0n) is 25.3. The third kappa shape index (κ3) is 8.46. The van der Waals surface area contributed by atoms with E-state index in [-0.39, 0.29) is 11.9 Å². The van der Waals surface area contributed by atoms with Crippen LogP contribution in [0.3, 0.4) is 0 Å². The fourth-order valence-electron chi connectivity index (χ4n) is 5.43. The molecule has 7 nitrogen and oxygen atoms in total. The van der Waals surface area contributed by atoms with Crippen molar-refractivity contribution in [3.8, 4) is 11.3 Å². The summed E-state index contributed by atoms with van der Waals surface area (Å²) in [6.07, 6.45) is 5.04. The second-order valence-electron chi connectivity index (χ2n) is 11.2. The Hall–Kier alpha value is -3.62. The topological polar surface area (TPSA) is 100 Å². The molecular weight excluding hydrogens is 546 g/mol. The normalized spacial score (nSPS) is 12.4. The molecule has 0 aliphatic carbocycles. The van der Waals surface area contributed by atoms with E-state index < -0.39 is 10.0 Å². The molecule has 1 aromatic heterocycles. The van der Waals surface area contributed by atoms with Crippen molar-refractivity contribution in [2.75, 3.05) is 30.7 Å². The molecule has 0 spiro atoms. The van der Waals surface area contributed by atoms with Gasteiger partial charge in [-0.25, -0.2) is 8.42 Å². The first-order chi connectivity index (χ1) is 20.0. The highest BCUT2D eigenvalue weighted by molar-refractivity contribution is 7.92. The number of esters is 1. The zero-order chi connectivity index (χ0) is 30.3. The molecule has 0 bridgehead atoms. The summed E-state index contributed by atoms with van der Waals surface area (Å²) in [5.74, 6) is -0.529. The number of nitrogens with one attached hydrogen (secondary N) is 3. The lowest BCUT2D eigenvalue weighted by Gasteiger charge is -2.12. The lowest BCUT2D eigenvalue weighted by atomic mass is 9.96. The van der Waals surface area contributed by atoms with E-state index in [0.29, 0.717) is 12.3 Å². The summed E-state index contributed by atoms with van der Waals surface area (Å²) in [5.41, 5.74) is 9.82. The van der Waals surface area contributed by atoms with Crippen molar-refractivity contribution >= 4 is 32.6 Å². The van der Waals surface area contributed by atoms with Gasteiger partial charge in [0.15, 0.2) is 0 Å². The Balaban J connectivity index is 1.41. The highest BCUT2D eigenvalue weighted by Crippen LogP contribution is 2.34. The van der Waals surface area contributed by atoms with E-state index in [1.807, 2.05) is 44.2 Å². The Morgan fingerprint density at radius 3 is 2.31 bits per heavy atom. The van der Waals surface area contributed by atoms with Gasteiger partial charge in [0.05, 0.1) is 18.8 Å². The summed E-state index contributed by atoms with van der Waals surface area (Å²) in [4.78, 5) is 16.1. The fourth-order valence-corrected chi connectivity index (χ4v) is 6.00. The van der Waals surface area contributed by atoms with Gasteiger partial charge < -0.3 is 15.0 Å². The summed E-state index contributed by atoms with van der Waals surface area (Å²) in [7, 11) is -3.26. The maximum absolute atomic E-state index is 12.5. The van der Waals surface area contributed by atoms with Crippen LogP contribution >= 0.6 is 0 Å². The highest BCUT2D eigenvalue weighted by atomic mass is 32.2. The molecule has 3 aromatic carbocycles. The third-order valence-corrected chi connectivity index (χ3v) is 8.07. The van der Waals surface area contributed by atoms with Gasteiger partial charge in [-0.05, 0) is 125 Å². The molecule has 42 heavy (non-hydrogen) atoms. The van der Waals surface area contributed by atoms with Crippen molar-refractivity contribution < 1.29 is 17.9 Å². The predicted molar refractivity (Wildman–Crippen MR) is 173 cm³/mol. The number of fused-ring (bicyclic) bond motifs is 1. The number of carbonyl (C=O) groups excluding carboxylic acids is 1. The van der Waals surface area contributed by atoms with Crippen LogP contribution in [0, 0.1) is 13.8 Å². The van der Waals surface area contributed by atoms with Crippen LogP contribution in [0.5, 0.6) is 0 Å². The Bertz CT molecular complexity index is 1600. The largest absolute Gasteiger partial charge is 0.466 e. The molecule has 4 aromatic rings. The van der Waals surface area contributed by atoms with Gasteiger partial charge in [-0.3, -0.25) is 9.52 Å². The molecule has 224 valence electrons. The molecule has 0 amide bonds. The van der Waals surface area contributed by atoms with Gasteiger partial charge in [0.25, 0.3) is 0 Å². The van der Waals surface area contributed by atoms with Crippen LogP contribution in [0.15, 0.2) is 60.7 Å². The van der Waals surface area contributed by atoms with Gasteiger partial charge in [0, 0.05) is 22.3 Å². The molecule has 0 radical (unpaired) electrons. The first-order valence-corrected chi connectivity index (χ1v) is 16.6. The van der Waals surface area contributed by atoms with Crippen molar-refractivity contribution in [1.82, 2.24) is 10.3 Å². The summed E-state index contributed by atoms with van der Waals surface area (Å²) in [6, 6.07) is 20.4. The summed E-state index contributed by atoms with van der Waals surface area (Å²) in [6.45, 7) is 10.1. The second kappa shape index (κ2) is 14.0. The number of aromatic amines is 1. The minimum absolute atomic E-state index is 0.202. The first-order valence-electron chi connectivity index (χ1n) is 14.7. The summed E-state index contributed by atoms with van der Waals surface area (Å²) < 4.78 is 30.6. The molecule has 1 atom stereocenters. The van der Waals surface area contributed by atoms with E-state index in [4.69, 9.17) is 4.74 Å². The number of H-pyrrole nitrogens is 1. The number of aryl methyl sites for hydroxylation is 3. The lowest BCUT2D eigenvalue weighted by molar-refractivity contribution is -0.144. The third-order valence-electron chi connectivity index (χ3n) is 7.46. The van der Waals surface area contributed by atoms with Gasteiger partial charge in [0.2, 0.25) is 10.0 Å². The molecule has 8 heteroatoms. The minimum atomic E-state index is -3.26. The van der Waals surface area contributed by atoms with E-state index in [1.54, 1.807) is 0 Å². The van der Waals surface area contributed by atoms with Gasteiger partial charge in [-0.1, -0.05) is 35.4 Å². The van der Waals surface area contributed by atoms with Crippen LogP contribution in [0.2, 0.25) is 0 Å². The van der Waals surface area contributed by atoms with Crippen molar-refractivity contribution in [3.05, 3.63) is 88.5 Å². The molecule has 0 fully saturated rings. The Morgan fingerprint density at radius 2 is 1.64 bits per heavy atom. The molecule has 0 aliphatic rings. The Morgan fingerprint density at radius 1 is 0.929 bits per heavy atom. The quantitative estimate of drug-likeness (QED) is 0.113. The van der Waals surface area contributed by atoms with Crippen LogP contribution in [0.1, 0.15) is 60.4 Å². The van der Waals surface area contributed by atoms with Gasteiger partial charge >= 0.3 is 5.97 Å². The number of ether oxygens (including phenoxy) is 1. The maximum atomic E-state index is 12.5. The number of rotatable bonds is 14. The van der Waals surface area contributed by atoms with Crippen LogP contribution < -0.4 is 10.0 Å². The number of aromatic nitrogens is 1. The van der Waals surface area contributed by atoms with E-state index in [2.05, 4.69) is 59.2 Å². The van der Waals surface area contributed by atoms with Crippen molar-refractivity contribution in [2.45, 2.75) is 59.3 Å². The molecule has 1 heterocycles. The predicted octanol–water partition coefficient (Wildman–Crippen LogP) is 6.64. The number of carbonyl (C=O) groups is 1. The van der Waals surface area contributed by atoms with Gasteiger partial charge in [0.1, 0.15) is 0 Å². The van der Waals surface area contributed by atoms with Crippen LogP contribution in [-0.4, -0.2) is 45.3 Å². The van der Waals surface area contributed by atoms with E-state index in [1.165, 1.54) is 27.8 Å². The first kappa shape index (κ1) is 31.3. The number of sulfonamides is 1. The van der Waals surface area contributed by atoms with Crippen LogP contribution in [0.4, 0.5) is 5.69 Å². The molecule has 1 unspecified atom stereocenters. The number of anilines is 1. The average Bonchev–Trinajstić information content (AvgIpc) is 3.29. The standard InChI is InChI=1S/C34H43N3O4S/c1-6-41-34(38)25(4)27-12-15-32-31(22-27)30(33(36-32)28-20-23(2)19-24(3)21-28)16-18-35-17-8-7-9-26-10-13-29(14-11-26)37-42(5,39)40/h10-15,19-22,25,35-37H,6-9,16-18H2,1-5H3. The van der Waals surface area contributed by atoms with Crippen LogP contribution in [-0.2, 0) is 32.4 Å². The monoisotopic (exact) mass is 589 g/mol. The molecule has 4 rings (SSSR count). The maximum Gasteiger partial charge on any atom is 0.313 e. The van der Waals surface area contributed by atoms with Gasteiger partial charge in [-0.2, -0.15) is 0 Å². The smallest absolute Gasteiger partial charge is 0.313 e. The lowest BCUT2D eigenvalue weighted by Crippen LogP contribution is -2.18. The minimum Gasteiger partial charge on any atom is -0.466 e. The molecule has 0 saturated heterocycles.